The van der Waals surface area contributed by atoms with Crippen LogP contribution in [0.25, 0.3) is 0 Å². The molecular formula is C15H21NO2S. The highest BCUT2D eigenvalue weighted by atomic mass is 32.2. The maximum atomic E-state index is 12.4. The van der Waals surface area contributed by atoms with Crippen molar-refractivity contribution in [3.05, 3.63) is 35.4 Å². The van der Waals surface area contributed by atoms with Crippen LogP contribution in [0.15, 0.2) is 24.3 Å². The fourth-order valence-corrected chi connectivity index (χ4v) is 3.62. The van der Waals surface area contributed by atoms with Crippen molar-refractivity contribution in [3.63, 3.8) is 0 Å². The molecule has 0 bridgehead atoms. The molecule has 1 heterocycles. The minimum atomic E-state index is -0.0994. The summed E-state index contributed by atoms with van der Waals surface area (Å²) in [6, 6.07) is 8.27. The van der Waals surface area contributed by atoms with Gasteiger partial charge >= 0.3 is 0 Å². The first-order chi connectivity index (χ1) is 9.26. The van der Waals surface area contributed by atoms with Crippen molar-refractivity contribution in [1.29, 1.82) is 0 Å². The van der Waals surface area contributed by atoms with Gasteiger partial charge in [0.15, 0.2) is 0 Å². The number of carbonyl (C=O) groups excluding carboxylic acids is 1. The van der Waals surface area contributed by atoms with Gasteiger partial charge in [-0.1, -0.05) is 31.2 Å². The van der Waals surface area contributed by atoms with E-state index in [1.54, 1.807) is 11.8 Å². The third-order valence-electron chi connectivity index (χ3n) is 3.55. The van der Waals surface area contributed by atoms with Crippen molar-refractivity contribution < 1.29 is 9.90 Å². The molecule has 0 saturated heterocycles. The molecule has 1 amide bonds. The lowest BCUT2D eigenvalue weighted by Crippen LogP contribution is -2.38. The number of rotatable bonds is 5. The van der Waals surface area contributed by atoms with Gasteiger partial charge in [-0.3, -0.25) is 4.79 Å². The molecule has 0 fully saturated rings. The number of benzene rings is 1. The minimum absolute atomic E-state index is 0.0761. The summed E-state index contributed by atoms with van der Waals surface area (Å²) in [5.41, 5.74) is 2.44. The van der Waals surface area contributed by atoms with Crippen LogP contribution < -0.4 is 5.32 Å². The number of fused-ring (bicyclic) bond motifs is 1. The van der Waals surface area contributed by atoms with Gasteiger partial charge in [0, 0.05) is 12.6 Å². The second kappa shape index (κ2) is 6.96. The van der Waals surface area contributed by atoms with Crippen molar-refractivity contribution in [3.8, 4) is 0 Å². The summed E-state index contributed by atoms with van der Waals surface area (Å²) < 4.78 is 0. The third kappa shape index (κ3) is 3.51. The Morgan fingerprint density at radius 1 is 1.53 bits per heavy atom. The first-order valence-electron chi connectivity index (χ1n) is 6.87. The number of aliphatic hydroxyl groups excluding tert-OH is 1. The monoisotopic (exact) mass is 279 g/mol. The maximum Gasteiger partial charge on any atom is 0.237 e. The fourth-order valence-electron chi connectivity index (χ4n) is 2.42. The van der Waals surface area contributed by atoms with Crippen molar-refractivity contribution in [2.24, 2.45) is 0 Å². The van der Waals surface area contributed by atoms with E-state index in [1.807, 2.05) is 19.1 Å². The molecule has 4 heteroatoms. The summed E-state index contributed by atoms with van der Waals surface area (Å²) >= 11 is 1.71. The maximum absolute atomic E-state index is 12.4. The van der Waals surface area contributed by atoms with Crippen LogP contribution in [0.2, 0.25) is 0 Å². The SMILES string of the molecule is CCC(CCO)NC(=O)C1SCCc2ccccc21. The number of aliphatic hydroxyl groups is 1. The molecule has 104 valence electrons. The van der Waals surface area contributed by atoms with Gasteiger partial charge in [0.05, 0.1) is 0 Å². The fraction of sp³-hybridized carbons (Fsp3) is 0.533. The van der Waals surface area contributed by atoms with Gasteiger partial charge in [-0.05, 0) is 36.1 Å². The number of aryl methyl sites for hydroxylation is 1. The summed E-state index contributed by atoms with van der Waals surface area (Å²) in [5.74, 6) is 1.07. The van der Waals surface area contributed by atoms with E-state index in [9.17, 15) is 4.79 Å². The smallest absolute Gasteiger partial charge is 0.237 e. The number of carbonyl (C=O) groups is 1. The third-order valence-corrected chi connectivity index (χ3v) is 4.79. The van der Waals surface area contributed by atoms with E-state index in [4.69, 9.17) is 5.11 Å². The number of thioether (sulfide) groups is 1. The van der Waals surface area contributed by atoms with E-state index >= 15 is 0 Å². The minimum Gasteiger partial charge on any atom is -0.396 e. The summed E-state index contributed by atoms with van der Waals surface area (Å²) in [6.07, 6.45) is 2.52. The highest BCUT2D eigenvalue weighted by Crippen LogP contribution is 2.36. The molecule has 0 radical (unpaired) electrons. The van der Waals surface area contributed by atoms with Crippen molar-refractivity contribution >= 4 is 17.7 Å². The first-order valence-corrected chi connectivity index (χ1v) is 7.91. The quantitative estimate of drug-likeness (QED) is 0.869. The molecule has 19 heavy (non-hydrogen) atoms. The average Bonchev–Trinajstić information content (AvgIpc) is 2.46. The largest absolute Gasteiger partial charge is 0.396 e. The molecule has 2 N–H and O–H groups in total. The standard InChI is InChI=1S/C15H21NO2S/c1-2-12(7-9-17)16-15(18)14-13-6-4-3-5-11(13)8-10-19-14/h3-6,12,14,17H,2,7-10H2,1H3,(H,16,18). The Balaban J connectivity index is 2.08. The summed E-state index contributed by atoms with van der Waals surface area (Å²) in [7, 11) is 0. The Morgan fingerprint density at radius 3 is 3.05 bits per heavy atom. The van der Waals surface area contributed by atoms with E-state index in [-0.39, 0.29) is 23.8 Å². The lowest BCUT2D eigenvalue weighted by molar-refractivity contribution is -0.121. The zero-order chi connectivity index (χ0) is 13.7. The van der Waals surface area contributed by atoms with Crippen LogP contribution in [0.4, 0.5) is 0 Å². The van der Waals surface area contributed by atoms with Gasteiger partial charge in [0.2, 0.25) is 5.91 Å². The Morgan fingerprint density at radius 2 is 2.32 bits per heavy atom. The lowest BCUT2D eigenvalue weighted by atomic mass is 10.0. The van der Waals surface area contributed by atoms with Gasteiger partial charge < -0.3 is 10.4 Å². The van der Waals surface area contributed by atoms with Crippen molar-refractivity contribution in [1.82, 2.24) is 5.32 Å². The Labute approximate surface area is 118 Å². The molecular weight excluding hydrogens is 258 g/mol. The number of nitrogens with one attached hydrogen (secondary N) is 1. The molecule has 2 atom stereocenters. The van der Waals surface area contributed by atoms with Gasteiger partial charge in [-0.25, -0.2) is 0 Å². The van der Waals surface area contributed by atoms with Crippen LogP contribution in [0.1, 0.15) is 36.1 Å². The predicted molar refractivity (Wildman–Crippen MR) is 79.3 cm³/mol. The van der Waals surface area contributed by atoms with E-state index in [0.29, 0.717) is 6.42 Å². The molecule has 0 aromatic heterocycles. The van der Waals surface area contributed by atoms with Gasteiger partial charge in [0.1, 0.15) is 5.25 Å². The Bertz CT molecular complexity index is 436. The topological polar surface area (TPSA) is 49.3 Å². The predicted octanol–water partition coefficient (Wildman–Crippen LogP) is 2.29. The van der Waals surface area contributed by atoms with E-state index in [1.165, 1.54) is 5.56 Å². The van der Waals surface area contributed by atoms with Gasteiger partial charge in [-0.2, -0.15) is 0 Å². The number of amides is 1. The molecule has 0 aliphatic carbocycles. The second-order valence-electron chi connectivity index (χ2n) is 4.83. The van der Waals surface area contributed by atoms with Crippen molar-refractivity contribution in [2.75, 3.05) is 12.4 Å². The molecule has 2 unspecified atom stereocenters. The normalized spacial score (nSPS) is 19.6. The van der Waals surface area contributed by atoms with Crippen LogP contribution in [-0.2, 0) is 11.2 Å². The molecule has 1 aliphatic rings. The lowest BCUT2D eigenvalue weighted by Gasteiger charge is -2.26. The van der Waals surface area contributed by atoms with Gasteiger partial charge in [-0.15, -0.1) is 11.8 Å². The molecule has 0 spiro atoms. The number of hydrogen-bond acceptors (Lipinski definition) is 3. The molecule has 0 saturated carbocycles. The van der Waals surface area contributed by atoms with Crippen LogP contribution >= 0.6 is 11.8 Å². The molecule has 1 aromatic rings. The average molecular weight is 279 g/mol. The van der Waals surface area contributed by atoms with E-state index < -0.39 is 0 Å². The Hall–Kier alpha value is -1.00. The van der Waals surface area contributed by atoms with Gasteiger partial charge in [0.25, 0.3) is 0 Å². The van der Waals surface area contributed by atoms with Crippen LogP contribution in [-0.4, -0.2) is 29.4 Å². The van der Waals surface area contributed by atoms with Crippen LogP contribution in [0.5, 0.6) is 0 Å². The van der Waals surface area contributed by atoms with Crippen LogP contribution in [0.3, 0.4) is 0 Å². The summed E-state index contributed by atoms with van der Waals surface area (Å²) in [4.78, 5) is 12.4. The molecule has 3 nitrogen and oxygen atoms in total. The zero-order valence-electron chi connectivity index (χ0n) is 11.3. The summed E-state index contributed by atoms with van der Waals surface area (Å²) in [5, 5.41) is 12.0. The zero-order valence-corrected chi connectivity index (χ0v) is 12.1. The van der Waals surface area contributed by atoms with E-state index in [2.05, 4.69) is 17.4 Å². The molecule has 1 aliphatic heterocycles. The molecule has 2 rings (SSSR count). The molecule has 1 aromatic carbocycles. The highest BCUT2D eigenvalue weighted by molar-refractivity contribution is 8.00. The Kier molecular flexibility index (Phi) is 5.28. The first kappa shape index (κ1) is 14.4. The highest BCUT2D eigenvalue weighted by Gasteiger charge is 2.27. The summed E-state index contributed by atoms with van der Waals surface area (Å²) in [6.45, 7) is 2.15. The van der Waals surface area contributed by atoms with Crippen molar-refractivity contribution in [2.45, 2.75) is 37.5 Å². The van der Waals surface area contributed by atoms with E-state index in [0.717, 1.165) is 24.2 Å². The number of hydrogen-bond donors (Lipinski definition) is 2. The second-order valence-corrected chi connectivity index (χ2v) is 6.04. The van der Waals surface area contributed by atoms with Crippen LogP contribution in [0, 0.1) is 0 Å².